The summed E-state index contributed by atoms with van der Waals surface area (Å²) in [4.78, 5) is 2.67. The van der Waals surface area contributed by atoms with E-state index >= 15 is 0 Å². The number of likely N-dealkylation sites (tertiary alicyclic amines) is 1. The van der Waals surface area contributed by atoms with Crippen LogP contribution in [0.1, 0.15) is 39.5 Å². The first kappa shape index (κ1) is 13.3. The summed E-state index contributed by atoms with van der Waals surface area (Å²) in [6.45, 7) is 10.3. The van der Waals surface area contributed by atoms with Gasteiger partial charge in [0.15, 0.2) is 0 Å². The van der Waals surface area contributed by atoms with Gasteiger partial charge in [-0.2, -0.15) is 0 Å². The first-order valence-corrected chi connectivity index (χ1v) is 7.36. The molecule has 2 fully saturated rings. The Morgan fingerprint density at radius 2 is 2.06 bits per heavy atom. The number of ether oxygens (including phenoxy) is 1. The third-order valence-electron chi connectivity index (χ3n) is 4.44. The van der Waals surface area contributed by atoms with Crippen molar-refractivity contribution < 1.29 is 4.74 Å². The molecule has 0 aromatic rings. The number of rotatable bonds is 5. The van der Waals surface area contributed by atoms with Crippen molar-refractivity contribution in [2.45, 2.75) is 51.6 Å². The first-order chi connectivity index (χ1) is 8.31. The Morgan fingerprint density at radius 1 is 1.29 bits per heavy atom. The SMILES string of the molecule is CCCNC1CCN(C(C)C2CCOC2)CC1. The highest BCUT2D eigenvalue weighted by Crippen LogP contribution is 2.23. The predicted molar refractivity (Wildman–Crippen MR) is 71.3 cm³/mol. The summed E-state index contributed by atoms with van der Waals surface area (Å²) in [5.41, 5.74) is 0. The van der Waals surface area contributed by atoms with Crippen LogP contribution in [0.15, 0.2) is 0 Å². The van der Waals surface area contributed by atoms with Gasteiger partial charge >= 0.3 is 0 Å². The first-order valence-electron chi connectivity index (χ1n) is 7.36. The molecule has 3 heteroatoms. The van der Waals surface area contributed by atoms with Gasteiger partial charge in [-0.1, -0.05) is 6.92 Å². The summed E-state index contributed by atoms with van der Waals surface area (Å²) in [5, 5.41) is 3.65. The lowest BCUT2D eigenvalue weighted by atomic mass is 9.95. The molecule has 2 aliphatic heterocycles. The van der Waals surface area contributed by atoms with Gasteiger partial charge in [-0.05, 0) is 58.2 Å². The van der Waals surface area contributed by atoms with Crippen molar-refractivity contribution in [1.82, 2.24) is 10.2 Å². The Balaban J connectivity index is 1.70. The highest BCUT2D eigenvalue weighted by atomic mass is 16.5. The highest BCUT2D eigenvalue weighted by Gasteiger charge is 2.29. The molecule has 0 bridgehead atoms. The van der Waals surface area contributed by atoms with Crippen LogP contribution in [0.25, 0.3) is 0 Å². The van der Waals surface area contributed by atoms with Crippen LogP contribution in [0.3, 0.4) is 0 Å². The maximum Gasteiger partial charge on any atom is 0.0509 e. The molecule has 0 aliphatic carbocycles. The van der Waals surface area contributed by atoms with Crippen LogP contribution in [0.5, 0.6) is 0 Å². The zero-order valence-electron chi connectivity index (χ0n) is 11.5. The van der Waals surface area contributed by atoms with E-state index in [2.05, 4.69) is 24.1 Å². The number of piperidine rings is 1. The normalized spacial score (nSPS) is 29.6. The standard InChI is InChI=1S/C14H28N2O/c1-3-7-15-14-4-8-16(9-5-14)12(2)13-6-10-17-11-13/h12-15H,3-11H2,1-2H3. The van der Waals surface area contributed by atoms with Crippen LogP contribution >= 0.6 is 0 Å². The predicted octanol–water partition coefficient (Wildman–Crippen LogP) is 1.88. The Bertz CT molecular complexity index is 208. The molecule has 2 atom stereocenters. The lowest BCUT2D eigenvalue weighted by Gasteiger charge is -2.38. The van der Waals surface area contributed by atoms with Crippen molar-refractivity contribution in [1.29, 1.82) is 0 Å². The fourth-order valence-corrected chi connectivity index (χ4v) is 3.09. The Kier molecular flexibility index (Phi) is 5.26. The fraction of sp³-hybridized carbons (Fsp3) is 1.00. The van der Waals surface area contributed by atoms with E-state index in [1.54, 1.807) is 0 Å². The topological polar surface area (TPSA) is 24.5 Å². The van der Waals surface area contributed by atoms with Gasteiger partial charge in [-0.3, -0.25) is 0 Å². The lowest BCUT2D eigenvalue weighted by Crippen LogP contribution is -2.48. The molecule has 0 aromatic heterocycles. The van der Waals surface area contributed by atoms with Crippen LogP contribution in [-0.4, -0.2) is 49.8 Å². The van der Waals surface area contributed by atoms with Crippen molar-refractivity contribution in [2.75, 3.05) is 32.8 Å². The number of nitrogens with one attached hydrogen (secondary N) is 1. The van der Waals surface area contributed by atoms with Crippen LogP contribution in [0.4, 0.5) is 0 Å². The molecule has 2 saturated heterocycles. The van der Waals surface area contributed by atoms with Gasteiger partial charge in [0.25, 0.3) is 0 Å². The molecule has 1 N–H and O–H groups in total. The largest absolute Gasteiger partial charge is 0.381 e. The molecule has 0 saturated carbocycles. The molecule has 2 aliphatic rings. The number of nitrogens with zero attached hydrogens (tertiary/aromatic N) is 1. The van der Waals surface area contributed by atoms with E-state index in [0.717, 1.165) is 25.2 Å². The Hall–Kier alpha value is -0.120. The molecule has 2 unspecified atom stereocenters. The molecule has 0 spiro atoms. The van der Waals surface area contributed by atoms with E-state index in [-0.39, 0.29) is 0 Å². The minimum atomic E-state index is 0.713. The second-order valence-electron chi connectivity index (χ2n) is 5.63. The second-order valence-corrected chi connectivity index (χ2v) is 5.63. The average Bonchev–Trinajstić information content (AvgIpc) is 2.90. The maximum atomic E-state index is 5.50. The van der Waals surface area contributed by atoms with Crippen molar-refractivity contribution >= 4 is 0 Å². The lowest BCUT2D eigenvalue weighted by molar-refractivity contribution is 0.101. The van der Waals surface area contributed by atoms with E-state index in [4.69, 9.17) is 4.74 Å². The Labute approximate surface area is 106 Å². The van der Waals surface area contributed by atoms with E-state index in [0.29, 0.717) is 6.04 Å². The summed E-state index contributed by atoms with van der Waals surface area (Å²) >= 11 is 0. The second kappa shape index (κ2) is 6.72. The van der Waals surface area contributed by atoms with Gasteiger partial charge in [-0.15, -0.1) is 0 Å². The van der Waals surface area contributed by atoms with Gasteiger partial charge in [-0.25, -0.2) is 0 Å². The number of hydrogen-bond acceptors (Lipinski definition) is 3. The molecule has 3 nitrogen and oxygen atoms in total. The Morgan fingerprint density at radius 3 is 2.65 bits per heavy atom. The monoisotopic (exact) mass is 240 g/mol. The van der Waals surface area contributed by atoms with E-state index in [1.807, 2.05) is 0 Å². The maximum absolute atomic E-state index is 5.50. The molecular weight excluding hydrogens is 212 g/mol. The van der Waals surface area contributed by atoms with Gasteiger partial charge in [0.05, 0.1) is 6.61 Å². The quantitative estimate of drug-likeness (QED) is 0.794. The summed E-state index contributed by atoms with van der Waals surface area (Å²) in [5.74, 6) is 0.773. The summed E-state index contributed by atoms with van der Waals surface area (Å²) < 4.78 is 5.50. The van der Waals surface area contributed by atoms with Crippen LogP contribution in [0, 0.1) is 5.92 Å². The molecule has 100 valence electrons. The van der Waals surface area contributed by atoms with Crippen LogP contribution < -0.4 is 5.32 Å². The van der Waals surface area contributed by atoms with Crippen molar-refractivity contribution in [2.24, 2.45) is 5.92 Å². The van der Waals surface area contributed by atoms with Gasteiger partial charge < -0.3 is 15.0 Å². The highest BCUT2D eigenvalue weighted by molar-refractivity contribution is 4.84. The minimum absolute atomic E-state index is 0.713. The molecule has 0 aromatic carbocycles. The van der Waals surface area contributed by atoms with Gasteiger partial charge in [0.1, 0.15) is 0 Å². The summed E-state index contributed by atoms with van der Waals surface area (Å²) in [6, 6.07) is 1.47. The third-order valence-corrected chi connectivity index (χ3v) is 4.44. The fourth-order valence-electron chi connectivity index (χ4n) is 3.09. The smallest absolute Gasteiger partial charge is 0.0509 e. The minimum Gasteiger partial charge on any atom is -0.381 e. The third kappa shape index (κ3) is 3.67. The average molecular weight is 240 g/mol. The van der Waals surface area contributed by atoms with Crippen LogP contribution in [-0.2, 0) is 4.74 Å². The van der Waals surface area contributed by atoms with Gasteiger partial charge in [0, 0.05) is 18.7 Å². The zero-order valence-corrected chi connectivity index (χ0v) is 11.5. The van der Waals surface area contributed by atoms with E-state index < -0.39 is 0 Å². The van der Waals surface area contributed by atoms with Crippen molar-refractivity contribution in [3.63, 3.8) is 0 Å². The molecular formula is C14H28N2O. The molecule has 0 amide bonds. The molecule has 17 heavy (non-hydrogen) atoms. The van der Waals surface area contributed by atoms with E-state index in [9.17, 15) is 0 Å². The summed E-state index contributed by atoms with van der Waals surface area (Å²) in [6.07, 6.45) is 5.14. The molecule has 0 radical (unpaired) electrons. The van der Waals surface area contributed by atoms with Crippen molar-refractivity contribution in [3.05, 3.63) is 0 Å². The van der Waals surface area contributed by atoms with Crippen molar-refractivity contribution in [3.8, 4) is 0 Å². The van der Waals surface area contributed by atoms with Crippen LogP contribution in [0.2, 0.25) is 0 Å². The molecule has 2 heterocycles. The summed E-state index contributed by atoms with van der Waals surface area (Å²) in [7, 11) is 0. The zero-order chi connectivity index (χ0) is 12.1. The van der Waals surface area contributed by atoms with E-state index in [1.165, 1.54) is 45.3 Å². The number of hydrogen-bond donors (Lipinski definition) is 1. The molecule has 2 rings (SSSR count). The van der Waals surface area contributed by atoms with Gasteiger partial charge in [0.2, 0.25) is 0 Å².